The number of benzene rings is 2. The largest absolute Gasteiger partial charge is 0.138 e. The predicted octanol–water partition coefficient (Wildman–Crippen LogP) is 6.00. The average molecular weight is 345 g/mol. The predicted molar refractivity (Wildman–Crippen MR) is 95.7 cm³/mol. The molecule has 0 amide bonds. The number of halogens is 1. The molecule has 0 nitrogen and oxygen atoms in total. The Morgan fingerprint density at radius 3 is 2.15 bits per heavy atom. The summed E-state index contributed by atoms with van der Waals surface area (Å²) >= 11 is 3.51. The molecule has 0 spiro atoms. The van der Waals surface area contributed by atoms with Gasteiger partial charge >= 0.3 is 0 Å². The second-order valence-electron chi connectivity index (χ2n) is 5.30. The van der Waals surface area contributed by atoms with Crippen molar-refractivity contribution >= 4 is 34.8 Å². The van der Waals surface area contributed by atoms with Crippen LogP contribution in [0, 0.1) is 11.5 Å². The van der Waals surface area contributed by atoms with E-state index in [9.17, 15) is 0 Å². The highest BCUT2D eigenvalue weighted by atomic mass is 79.9. The van der Waals surface area contributed by atoms with Crippen molar-refractivity contribution in [3.63, 3.8) is 0 Å². The molecule has 2 aromatic carbocycles. The Bertz CT molecular complexity index is 652. The molecule has 0 aliphatic carbocycles. The number of fused-ring (bicyclic) bond motifs is 1. The Morgan fingerprint density at radius 2 is 1.50 bits per heavy atom. The van der Waals surface area contributed by atoms with E-state index in [1.54, 1.807) is 0 Å². The lowest BCUT2D eigenvalue weighted by molar-refractivity contribution is 1.20. The van der Waals surface area contributed by atoms with Crippen LogP contribution in [-0.4, -0.2) is 8.07 Å². The molecular formula is C18H21BrSi. The van der Waals surface area contributed by atoms with E-state index >= 15 is 0 Å². The van der Waals surface area contributed by atoms with Crippen LogP contribution < -0.4 is 0 Å². The summed E-state index contributed by atoms with van der Waals surface area (Å²) in [4.78, 5) is 0. The van der Waals surface area contributed by atoms with Crippen LogP contribution in [0.25, 0.3) is 10.8 Å². The van der Waals surface area contributed by atoms with Gasteiger partial charge in [-0.25, -0.2) is 0 Å². The van der Waals surface area contributed by atoms with Gasteiger partial charge in [0.05, 0.1) is 0 Å². The monoisotopic (exact) mass is 344 g/mol. The van der Waals surface area contributed by atoms with Crippen LogP contribution in [0.5, 0.6) is 0 Å². The minimum atomic E-state index is -1.35. The first-order chi connectivity index (χ1) is 9.62. The fourth-order valence-electron chi connectivity index (χ4n) is 2.51. The Morgan fingerprint density at radius 1 is 0.900 bits per heavy atom. The molecule has 0 heterocycles. The fourth-order valence-corrected chi connectivity index (χ4v) is 5.33. The minimum absolute atomic E-state index is 1.12. The molecule has 0 atom stereocenters. The molecule has 2 aromatic rings. The lowest BCUT2D eigenvalue weighted by Gasteiger charge is -2.20. The van der Waals surface area contributed by atoms with E-state index in [1.807, 2.05) is 0 Å². The maximum Gasteiger partial charge on any atom is 0.138 e. The third-order valence-corrected chi connectivity index (χ3v) is 9.51. The van der Waals surface area contributed by atoms with Gasteiger partial charge < -0.3 is 0 Å². The molecule has 0 saturated heterocycles. The van der Waals surface area contributed by atoms with Gasteiger partial charge in [-0.3, -0.25) is 0 Å². The van der Waals surface area contributed by atoms with Crippen LogP contribution in [-0.2, 0) is 0 Å². The normalized spacial score (nSPS) is 11.2. The molecule has 0 unspecified atom stereocenters. The van der Waals surface area contributed by atoms with Gasteiger partial charge in [-0.05, 0) is 53.2 Å². The SMILES string of the molecule is CC[Si](C#Cc1ccc2cc(Br)ccc2c1)(CC)CC. The van der Waals surface area contributed by atoms with Gasteiger partial charge in [0.25, 0.3) is 0 Å². The summed E-state index contributed by atoms with van der Waals surface area (Å²) in [7, 11) is -1.35. The number of rotatable bonds is 3. The third kappa shape index (κ3) is 3.34. The van der Waals surface area contributed by atoms with E-state index in [2.05, 4.69) is 84.6 Å². The van der Waals surface area contributed by atoms with Crippen molar-refractivity contribution in [3.05, 3.63) is 46.4 Å². The molecule has 20 heavy (non-hydrogen) atoms. The smallest absolute Gasteiger partial charge is 0.126 e. The third-order valence-electron chi connectivity index (χ3n) is 4.30. The molecule has 0 N–H and O–H groups in total. The highest BCUT2D eigenvalue weighted by Gasteiger charge is 2.24. The minimum Gasteiger partial charge on any atom is -0.126 e. The van der Waals surface area contributed by atoms with Crippen molar-refractivity contribution in [2.75, 3.05) is 0 Å². The first kappa shape index (κ1) is 15.3. The fraction of sp³-hybridized carbons (Fsp3) is 0.333. The van der Waals surface area contributed by atoms with Crippen LogP contribution in [0.15, 0.2) is 40.9 Å². The first-order valence-electron chi connectivity index (χ1n) is 7.35. The zero-order valence-corrected chi connectivity index (χ0v) is 15.0. The summed E-state index contributed by atoms with van der Waals surface area (Å²) < 4.78 is 1.12. The van der Waals surface area contributed by atoms with Crippen LogP contribution >= 0.6 is 15.9 Å². The van der Waals surface area contributed by atoms with Crippen molar-refractivity contribution in [1.29, 1.82) is 0 Å². The summed E-state index contributed by atoms with van der Waals surface area (Å²) in [5, 5.41) is 2.52. The Kier molecular flexibility index (Phi) is 5.07. The second-order valence-corrected chi connectivity index (χ2v) is 11.1. The van der Waals surface area contributed by atoms with Crippen molar-refractivity contribution in [3.8, 4) is 11.5 Å². The summed E-state index contributed by atoms with van der Waals surface area (Å²) in [6, 6.07) is 16.7. The van der Waals surface area contributed by atoms with Gasteiger partial charge in [0.2, 0.25) is 0 Å². The van der Waals surface area contributed by atoms with Gasteiger partial charge in [0, 0.05) is 10.0 Å². The van der Waals surface area contributed by atoms with E-state index in [4.69, 9.17) is 0 Å². The zero-order chi connectivity index (χ0) is 14.6. The molecule has 0 saturated carbocycles. The van der Waals surface area contributed by atoms with E-state index in [-0.39, 0.29) is 0 Å². The highest BCUT2D eigenvalue weighted by Crippen LogP contribution is 2.22. The van der Waals surface area contributed by atoms with Gasteiger partial charge in [-0.15, -0.1) is 5.54 Å². The van der Waals surface area contributed by atoms with Crippen molar-refractivity contribution < 1.29 is 0 Å². The molecule has 2 heteroatoms. The van der Waals surface area contributed by atoms with Crippen LogP contribution in [0.1, 0.15) is 26.3 Å². The zero-order valence-electron chi connectivity index (χ0n) is 12.5. The molecular weight excluding hydrogens is 324 g/mol. The van der Waals surface area contributed by atoms with Crippen molar-refractivity contribution in [2.24, 2.45) is 0 Å². The quantitative estimate of drug-likeness (QED) is 0.473. The molecule has 0 bridgehead atoms. The summed E-state index contributed by atoms with van der Waals surface area (Å²) in [5.74, 6) is 3.45. The second kappa shape index (κ2) is 6.61. The maximum atomic E-state index is 3.65. The molecule has 0 aromatic heterocycles. The average Bonchev–Trinajstić information content (AvgIpc) is 2.49. The molecule has 2 rings (SSSR count). The van der Waals surface area contributed by atoms with Crippen molar-refractivity contribution in [1.82, 2.24) is 0 Å². The van der Waals surface area contributed by atoms with E-state index in [1.165, 1.54) is 28.9 Å². The summed E-state index contributed by atoms with van der Waals surface area (Å²) in [5.41, 5.74) is 4.80. The molecule has 0 radical (unpaired) electrons. The Labute approximate surface area is 131 Å². The molecule has 0 aliphatic heterocycles. The van der Waals surface area contributed by atoms with Crippen LogP contribution in [0.3, 0.4) is 0 Å². The van der Waals surface area contributed by atoms with Crippen molar-refractivity contribution in [2.45, 2.75) is 38.9 Å². The number of hydrogen-bond acceptors (Lipinski definition) is 0. The first-order valence-corrected chi connectivity index (χ1v) is 10.8. The van der Waals surface area contributed by atoms with Gasteiger partial charge in [-0.2, -0.15) is 0 Å². The van der Waals surface area contributed by atoms with Crippen LogP contribution in [0.4, 0.5) is 0 Å². The molecule has 104 valence electrons. The lowest BCUT2D eigenvalue weighted by atomic mass is 10.1. The van der Waals surface area contributed by atoms with E-state index in [0.29, 0.717) is 0 Å². The van der Waals surface area contributed by atoms with Gasteiger partial charge in [0.1, 0.15) is 8.07 Å². The van der Waals surface area contributed by atoms with E-state index < -0.39 is 8.07 Å². The number of hydrogen-bond donors (Lipinski definition) is 0. The molecule has 0 aliphatic rings. The standard InChI is InChI=1S/C18H21BrSi/c1-4-20(5-2,6-3)12-11-15-7-8-17-14-18(19)10-9-16(17)13-15/h7-10,13-14H,4-6H2,1-3H3. The van der Waals surface area contributed by atoms with Crippen LogP contribution in [0.2, 0.25) is 18.1 Å². The Balaban J connectivity index is 2.38. The maximum absolute atomic E-state index is 3.65. The van der Waals surface area contributed by atoms with Gasteiger partial charge in [-0.1, -0.05) is 54.8 Å². The summed E-state index contributed by atoms with van der Waals surface area (Å²) in [6.45, 7) is 6.89. The highest BCUT2D eigenvalue weighted by molar-refractivity contribution is 9.10. The summed E-state index contributed by atoms with van der Waals surface area (Å²) in [6.07, 6.45) is 0. The Hall–Kier alpha value is -1.04. The topological polar surface area (TPSA) is 0 Å². The van der Waals surface area contributed by atoms with E-state index in [0.717, 1.165) is 10.0 Å². The lowest BCUT2D eigenvalue weighted by Crippen LogP contribution is -2.29. The van der Waals surface area contributed by atoms with Gasteiger partial charge in [0.15, 0.2) is 0 Å². The molecule has 0 fully saturated rings.